The zero-order chi connectivity index (χ0) is 13.0. The fourth-order valence-electron chi connectivity index (χ4n) is 3.30. The Bertz CT molecular complexity index is 706. The highest BCUT2D eigenvalue weighted by atomic mass is 16.1. The number of rotatable bonds is 0. The minimum Gasteiger partial charge on any atom is -0.294 e. The van der Waals surface area contributed by atoms with Gasteiger partial charge in [-0.25, -0.2) is 0 Å². The minimum absolute atomic E-state index is 0.0152. The van der Waals surface area contributed by atoms with Crippen molar-refractivity contribution in [3.8, 4) is 0 Å². The van der Waals surface area contributed by atoms with Gasteiger partial charge in [-0.3, -0.25) is 9.59 Å². The van der Waals surface area contributed by atoms with Crippen LogP contribution >= 0.6 is 0 Å². The molecule has 0 bridgehead atoms. The second-order valence-electron chi connectivity index (χ2n) is 5.21. The van der Waals surface area contributed by atoms with Gasteiger partial charge in [0.15, 0.2) is 11.6 Å². The molecule has 0 fully saturated rings. The van der Waals surface area contributed by atoms with Crippen LogP contribution in [0.2, 0.25) is 0 Å². The summed E-state index contributed by atoms with van der Waals surface area (Å²) < 4.78 is 0. The van der Waals surface area contributed by atoms with Gasteiger partial charge in [-0.15, -0.1) is 0 Å². The van der Waals surface area contributed by atoms with E-state index in [0.717, 1.165) is 29.6 Å². The van der Waals surface area contributed by atoms with Gasteiger partial charge in [-0.1, -0.05) is 30.4 Å². The molecule has 0 aromatic rings. The van der Waals surface area contributed by atoms with Gasteiger partial charge in [0.2, 0.25) is 0 Å². The fraction of sp³-hybridized carbons (Fsp3) is 0.176. The monoisotopic (exact) mass is 248 g/mol. The number of allylic oxidation sites excluding steroid dienone is 12. The Labute approximate surface area is 111 Å². The molecular formula is C17H12O2. The first-order valence-corrected chi connectivity index (χ1v) is 6.56. The highest BCUT2D eigenvalue weighted by Crippen LogP contribution is 2.43. The predicted octanol–water partition coefficient (Wildman–Crippen LogP) is 2.76. The van der Waals surface area contributed by atoms with Crippen LogP contribution in [0, 0.1) is 5.92 Å². The lowest BCUT2D eigenvalue weighted by molar-refractivity contribution is -0.116. The standard InChI is InChI=1S/C17H12O2/c18-15-8-7-14-12(15)5-6-13-11-4-2-1-3-10(11)9-16(19)17(13)14/h1,3,5-9,17H,2,4H2. The first-order valence-electron chi connectivity index (χ1n) is 6.56. The second kappa shape index (κ2) is 3.64. The summed E-state index contributed by atoms with van der Waals surface area (Å²) >= 11 is 0. The fourth-order valence-corrected chi connectivity index (χ4v) is 3.30. The van der Waals surface area contributed by atoms with E-state index < -0.39 is 0 Å². The van der Waals surface area contributed by atoms with Gasteiger partial charge < -0.3 is 0 Å². The first-order chi connectivity index (χ1) is 9.25. The molecule has 1 atom stereocenters. The van der Waals surface area contributed by atoms with Gasteiger partial charge in [0, 0.05) is 5.57 Å². The number of ketones is 2. The van der Waals surface area contributed by atoms with E-state index in [4.69, 9.17) is 0 Å². The van der Waals surface area contributed by atoms with E-state index in [2.05, 4.69) is 6.08 Å². The van der Waals surface area contributed by atoms with E-state index in [0.29, 0.717) is 5.57 Å². The summed E-state index contributed by atoms with van der Waals surface area (Å²) in [5.41, 5.74) is 4.97. The lowest BCUT2D eigenvalue weighted by atomic mass is 9.72. The second-order valence-corrected chi connectivity index (χ2v) is 5.21. The molecule has 19 heavy (non-hydrogen) atoms. The van der Waals surface area contributed by atoms with Crippen LogP contribution in [0.25, 0.3) is 0 Å². The maximum Gasteiger partial charge on any atom is 0.186 e. The number of carbonyl (C=O) groups excluding carboxylic acids is 2. The maximum atomic E-state index is 12.4. The van der Waals surface area contributed by atoms with E-state index in [1.165, 1.54) is 5.57 Å². The summed E-state index contributed by atoms with van der Waals surface area (Å²) in [7, 11) is 0. The molecule has 4 aliphatic rings. The van der Waals surface area contributed by atoms with Crippen molar-refractivity contribution >= 4 is 11.6 Å². The zero-order valence-electron chi connectivity index (χ0n) is 10.3. The topological polar surface area (TPSA) is 34.1 Å². The van der Waals surface area contributed by atoms with Crippen LogP contribution in [0.4, 0.5) is 0 Å². The molecule has 0 aromatic carbocycles. The number of carbonyl (C=O) groups is 2. The summed E-state index contributed by atoms with van der Waals surface area (Å²) in [5, 5.41) is 0. The first kappa shape index (κ1) is 10.7. The predicted molar refractivity (Wildman–Crippen MR) is 72.3 cm³/mol. The molecule has 0 aliphatic heterocycles. The third-order valence-electron chi connectivity index (χ3n) is 4.18. The maximum absolute atomic E-state index is 12.4. The number of hydrogen-bond donors (Lipinski definition) is 0. The van der Waals surface area contributed by atoms with Gasteiger partial charge in [0.05, 0.1) is 5.92 Å². The Morgan fingerprint density at radius 3 is 2.68 bits per heavy atom. The van der Waals surface area contributed by atoms with Gasteiger partial charge in [-0.05, 0) is 47.3 Å². The van der Waals surface area contributed by atoms with Crippen LogP contribution in [0.15, 0.2) is 70.4 Å². The van der Waals surface area contributed by atoms with Crippen molar-refractivity contribution in [2.45, 2.75) is 12.8 Å². The molecule has 0 saturated heterocycles. The Morgan fingerprint density at radius 1 is 0.947 bits per heavy atom. The highest BCUT2D eigenvalue weighted by molar-refractivity contribution is 6.13. The third kappa shape index (κ3) is 1.37. The average Bonchev–Trinajstić information content (AvgIpc) is 2.80. The molecule has 0 aromatic heterocycles. The Kier molecular flexibility index (Phi) is 2.05. The molecule has 4 rings (SSSR count). The highest BCUT2D eigenvalue weighted by Gasteiger charge is 2.36. The minimum atomic E-state index is -0.257. The SMILES string of the molecule is O=C1C=CC2=C1C=CC1=C3CCC=CC3=CC(=O)C21. The molecule has 0 spiro atoms. The molecule has 2 nitrogen and oxygen atoms in total. The smallest absolute Gasteiger partial charge is 0.186 e. The molecule has 0 heterocycles. The molecule has 2 heteroatoms. The van der Waals surface area contributed by atoms with E-state index in [-0.39, 0.29) is 17.5 Å². The van der Waals surface area contributed by atoms with Crippen molar-refractivity contribution < 1.29 is 9.59 Å². The van der Waals surface area contributed by atoms with Gasteiger partial charge in [0.25, 0.3) is 0 Å². The van der Waals surface area contributed by atoms with Crippen molar-refractivity contribution in [3.05, 3.63) is 70.4 Å². The van der Waals surface area contributed by atoms with Crippen LogP contribution < -0.4 is 0 Å². The number of fused-ring (bicyclic) bond motifs is 3. The van der Waals surface area contributed by atoms with Crippen molar-refractivity contribution in [2.24, 2.45) is 5.92 Å². The Hall–Kier alpha value is -2.22. The Morgan fingerprint density at radius 2 is 1.79 bits per heavy atom. The lowest BCUT2D eigenvalue weighted by Gasteiger charge is -2.29. The zero-order valence-corrected chi connectivity index (χ0v) is 10.3. The molecule has 4 aliphatic carbocycles. The molecule has 92 valence electrons. The van der Waals surface area contributed by atoms with Crippen molar-refractivity contribution in [1.29, 1.82) is 0 Å². The van der Waals surface area contributed by atoms with E-state index in [9.17, 15) is 9.59 Å². The van der Waals surface area contributed by atoms with Crippen molar-refractivity contribution in [1.82, 2.24) is 0 Å². The van der Waals surface area contributed by atoms with Crippen LogP contribution in [-0.2, 0) is 9.59 Å². The summed E-state index contributed by atoms with van der Waals surface area (Å²) in [6, 6.07) is 0. The third-order valence-corrected chi connectivity index (χ3v) is 4.18. The van der Waals surface area contributed by atoms with Gasteiger partial charge >= 0.3 is 0 Å². The largest absolute Gasteiger partial charge is 0.294 e. The normalized spacial score (nSPS) is 27.6. The molecule has 1 unspecified atom stereocenters. The van der Waals surface area contributed by atoms with Gasteiger partial charge in [0.1, 0.15) is 0 Å². The molecule has 0 radical (unpaired) electrons. The molecule has 0 saturated carbocycles. The van der Waals surface area contributed by atoms with E-state index in [1.807, 2.05) is 24.3 Å². The lowest BCUT2D eigenvalue weighted by Crippen LogP contribution is -2.25. The van der Waals surface area contributed by atoms with E-state index in [1.54, 1.807) is 12.2 Å². The summed E-state index contributed by atoms with van der Waals surface area (Å²) in [6.45, 7) is 0. The Balaban J connectivity index is 1.93. The van der Waals surface area contributed by atoms with Gasteiger partial charge in [-0.2, -0.15) is 0 Å². The van der Waals surface area contributed by atoms with E-state index >= 15 is 0 Å². The average molecular weight is 248 g/mol. The quantitative estimate of drug-likeness (QED) is 0.660. The van der Waals surface area contributed by atoms with Crippen LogP contribution in [0.5, 0.6) is 0 Å². The van der Waals surface area contributed by atoms with Crippen molar-refractivity contribution in [2.75, 3.05) is 0 Å². The summed E-state index contributed by atoms with van der Waals surface area (Å²) in [4.78, 5) is 24.1. The summed E-state index contributed by atoms with van der Waals surface area (Å²) in [5.74, 6) is -0.147. The summed E-state index contributed by atoms with van der Waals surface area (Å²) in [6.07, 6.45) is 15.1. The van der Waals surface area contributed by atoms with Crippen LogP contribution in [0.3, 0.4) is 0 Å². The van der Waals surface area contributed by atoms with Crippen LogP contribution in [-0.4, -0.2) is 11.6 Å². The number of hydrogen-bond acceptors (Lipinski definition) is 2. The molecule has 0 amide bonds. The van der Waals surface area contributed by atoms with Crippen molar-refractivity contribution in [3.63, 3.8) is 0 Å². The molecule has 0 N–H and O–H groups in total. The molecular weight excluding hydrogens is 236 g/mol. The van der Waals surface area contributed by atoms with Crippen LogP contribution in [0.1, 0.15) is 12.8 Å².